The van der Waals surface area contributed by atoms with Gasteiger partial charge in [-0.3, -0.25) is 14.5 Å². The van der Waals surface area contributed by atoms with E-state index in [1.807, 2.05) is 41.3 Å². The minimum Gasteiger partial charge on any atom is -0.373 e. The number of morpholine rings is 1. The van der Waals surface area contributed by atoms with E-state index in [9.17, 15) is 9.59 Å². The quantitative estimate of drug-likeness (QED) is 0.843. The summed E-state index contributed by atoms with van der Waals surface area (Å²) < 4.78 is 5.82. The van der Waals surface area contributed by atoms with Gasteiger partial charge in [0.2, 0.25) is 0 Å². The molecule has 2 aromatic rings. The van der Waals surface area contributed by atoms with Gasteiger partial charge in [0, 0.05) is 38.4 Å². The number of likely N-dealkylation sites (tertiary alicyclic amines) is 1. The Bertz CT molecular complexity index is 909. The highest BCUT2D eigenvalue weighted by Crippen LogP contribution is 2.22. The summed E-state index contributed by atoms with van der Waals surface area (Å²) in [6.45, 7) is 8.69. The van der Waals surface area contributed by atoms with Crippen LogP contribution in [0.3, 0.4) is 0 Å². The topological polar surface area (TPSA) is 65.6 Å². The lowest BCUT2D eigenvalue weighted by atomic mass is 9.95. The number of rotatable bonds is 4. The van der Waals surface area contributed by atoms with E-state index in [1.165, 1.54) is 0 Å². The maximum absolute atomic E-state index is 12.9. The lowest BCUT2D eigenvalue weighted by Gasteiger charge is -2.39. The minimum atomic E-state index is -0.320. The van der Waals surface area contributed by atoms with Gasteiger partial charge >= 0.3 is 0 Å². The van der Waals surface area contributed by atoms with E-state index < -0.39 is 0 Å². The molecule has 160 valence electrons. The molecule has 2 atom stereocenters. The van der Waals surface area contributed by atoms with E-state index in [0.717, 1.165) is 43.7 Å². The third kappa shape index (κ3) is 4.82. The molecule has 2 aliphatic heterocycles. The summed E-state index contributed by atoms with van der Waals surface area (Å²) in [6.07, 6.45) is 2.51. The standard InChI is InChI=1S/C24H31N3O3/c1-17-14-26(15-18(2)30-17)16-19-10-12-27(13-11-19)24(29)21-8-9-22(25-23(21)28)20-6-4-3-5-7-20/h3-9,17-19H,10-16H2,1-2H3,(H,25,28). The van der Waals surface area contributed by atoms with Gasteiger partial charge in [0.25, 0.3) is 11.5 Å². The number of benzene rings is 1. The normalized spacial score (nSPS) is 23.5. The van der Waals surface area contributed by atoms with Crippen LogP contribution in [0.2, 0.25) is 0 Å². The number of carbonyl (C=O) groups is 1. The van der Waals surface area contributed by atoms with Crippen LogP contribution in [0.25, 0.3) is 11.3 Å². The molecule has 1 N–H and O–H groups in total. The van der Waals surface area contributed by atoms with Gasteiger partial charge in [0.05, 0.1) is 12.2 Å². The van der Waals surface area contributed by atoms with Crippen LogP contribution in [0, 0.1) is 5.92 Å². The lowest BCUT2D eigenvalue weighted by Crippen LogP contribution is -2.49. The van der Waals surface area contributed by atoms with Crippen LogP contribution in [0.4, 0.5) is 0 Å². The van der Waals surface area contributed by atoms with Crippen LogP contribution in [-0.2, 0) is 4.74 Å². The van der Waals surface area contributed by atoms with Crippen LogP contribution in [0.15, 0.2) is 47.3 Å². The number of hydrogen-bond donors (Lipinski definition) is 1. The van der Waals surface area contributed by atoms with Crippen molar-refractivity contribution in [3.05, 3.63) is 58.4 Å². The molecular weight excluding hydrogens is 378 g/mol. The first-order valence-corrected chi connectivity index (χ1v) is 11.0. The van der Waals surface area contributed by atoms with Gasteiger partial charge in [-0.2, -0.15) is 0 Å². The van der Waals surface area contributed by atoms with E-state index in [-0.39, 0.29) is 29.2 Å². The van der Waals surface area contributed by atoms with E-state index in [1.54, 1.807) is 6.07 Å². The number of aromatic amines is 1. The SMILES string of the molecule is CC1CN(CC2CCN(C(=O)c3ccc(-c4ccccc4)[nH]c3=O)CC2)CC(C)O1. The average Bonchev–Trinajstić information content (AvgIpc) is 2.74. The maximum Gasteiger partial charge on any atom is 0.261 e. The fourth-order valence-corrected chi connectivity index (χ4v) is 4.72. The van der Waals surface area contributed by atoms with E-state index in [0.29, 0.717) is 19.0 Å². The van der Waals surface area contributed by atoms with Gasteiger partial charge < -0.3 is 14.6 Å². The first-order valence-electron chi connectivity index (χ1n) is 11.0. The maximum atomic E-state index is 12.9. The molecule has 6 nitrogen and oxygen atoms in total. The summed E-state index contributed by atoms with van der Waals surface area (Å²) >= 11 is 0. The van der Waals surface area contributed by atoms with Crippen molar-refractivity contribution in [2.45, 2.75) is 38.9 Å². The van der Waals surface area contributed by atoms with Crippen molar-refractivity contribution in [2.75, 3.05) is 32.7 Å². The molecule has 2 fully saturated rings. The molecule has 0 radical (unpaired) electrons. The molecule has 1 amide bonds. The lowest BCUT2D eigenvalue weighted by molar-refractivity contribution is -0.0728. The second kappa shape index (κ2) is 9.14. The number of amides is 1. The molecule has 0 bridgehead atoms. The largest absolute Gasteiger partial charge is 0.373 e. The Balaban J connectivity index is 1.35. The van der Waals surface area contributed by atoms with Crippen LogP contribution in [-0.4, -0.2) is 65.6 Å². The van der Waals surface area contributed by atoms with E-state index >= 15 is 0 Å². The van der Waals surface area contributed by atoms with Crippen molar-refractivity contribution in [1.82, 2.24) is 14.8 Å². The number of pyridine rings is 1. The molecule has 0 spiro atoms. The van der Waals surface area contributed by atoms with Crippen molar-refractivity contribution in [3.63, 3.8) is 0 Å². The predicted octanol–water partition coefficient (Wildman–Crippen LogP) is 3.00. The van der Waals surface area contributed by atoms with Gasteiger partial charge in [0.1, 0.15) is 5.56 Å². The Hall–Kier alpha value is -2.44. The summed E-state index contributed by atoms with van der Waals surface area (Å²) in [5, 5.41) is 0. The number of nitrogens with zero attached hydrogens (tertiary/aromatic N) is 2. The average molecular weight is 410 g/mol. The number of hydrogen-bond acceptors (Lipinski definition) is 4. The predicted molar refractivity (Wildman–Crippen MR) is 118 cm³/mol. The molecule has 1 aromatic heterocycles. The van der Waals surface area contributed by atoms with Crippen LogP contribution < -0.4 is 5.56 Å². The summed E-state index contributed by atoms with van der Waals surface area (Å²) in [5.74, 6) is 0.424. The van der Waals surface area contributed by atoms with Crippen LogP contribution in [0.5, 0.6) is 0 Å². The number of H-pyrrole nitrogens is 1. The van der Waals surface area contributed by atoms with Gasteiger partial charge in [-0.1, -0.05) is 30.3 Å². The van der Waals surface area contributed by atoms with Gasteiger partial charge in [-0.05, 0) is 50.3 Å². The Morgan fingerprint density at radius 2 is 1.70 bits per heavy atom. The Kier molecular flexibility index (Phi) is 6.35. The molecule has 6 heteroatoms. The zero-order valence-corrected chi connectivity index (χ0v) is 17.8. The molecule has 3 heterocycles. The van der Waals surface area contributed by atoms with Crippen LogP contribution >= 0.6 is 0 Å². The number of aromatic nitrogens is 1. The van der Waals surface area contributed by atoms with Crippen molar-refractivity contribution in [1.29, 1.82) is 0 Å². The summed E-state index contributed by atoms with van der Waals surface area (Å²) in [4.78, 5) is 32.7. The second-order valence-corrected chi connectivity index (χ2v) is 8.69. The Morgan fingerprint density at radius 1 is 1.03 bits per heavy atom. The van der Waals surface area contributed by atoms with Crippen molar-refractivity contribution in [3.8, 4) is 11.3 Å². The first kappa shape index (κ1) is 20.8. The fraction of sp³-hybridized carbons (Fsp3) is 0.500. The highest BCUT2D eigenvalue weighted by atomic mass is 16.5. The van der Waals surface area contributed by atoms with Crippen molar-refractivity contribution < 1.29 is 9.53 Å². The molecule has 1 aromatic carbocycles. The highest BCUT2D eigenvalue weighted by Gasteiger charge is 2.29. The molecule has 0 aliphatic carbocycles. The smallest absolute Gasteiger partial charge is 0.261 e. The summed E-state index contributed by atoms with van der Waals surface area (Å²) in [6, 6.07) is 13.1. The zero-order valence-electron chi connectivity index (χ0n) is 17.8. The first-order chi connectivity index (χ1) is 14.5. The number of nitrogens with one attached hydrogen (secondary N) is 1. The van der Waals surface area contributed by atoms with Crippen molar-refractivity contribution in [2.24, 2.45) is 5.92 Å². The third-order valence-corrected chi connectivity index (χ3v) is 6.14. The fourth-order valence-electron chi connectivity index (χ4n) is 4.72. The Morgan fingerprint density at radius 3 is 2.33 bits per heavy atom. The Labute approximate surface area is 177 Å². The van der Waals surface area contributed by atoms with Gasteiger partial charge in [0.15, 0.2) is 0 Å². The molecular formula is C24H31N3O3. The minimum absolute atomic E-state index is 0.164. The second-order valence-electron chi connectivity index (χ2n) is 8.69. The monoisotopic (exact) mass is 409 g/mol. The summed E-state index contributed by atoms with van der Waals surface area (Å²) in [7, 11) is 0. The third-order valence-electron chi connectivity index (χ3n) is 6.14. The van der Waals surface area contributed by atoms with Gasteiger partial charge in [-0.25, -0.2) is 0 Å². The molecule has 2 unspecified atom stereocenters. The molecule has 2 aliphatic rings. The highest BCUT2D eigenvalue weighted by molar-refractivity contribution is 5.94. The molecule has 2 saturated heterocycles. The molecule has 30 heavy (non-hydrogen) atoms. The summed E-state index contributed by atoms with van der Waals surface area (Å²) in [5.41, 5.74) is 1.56. The van der Waals surface area contributed by atoms with E-state index in [2.05, 4.69) is 23.7 Å². The van der Waals surface area contributed by atoms with E-state index in [4.69, 9.17) is 4.74 Å². The van der Waals surface area contributed by atoms with Crippen molar-refractivity contribution >= 4 is 5.91 Å². The number of ether oxygens (including phenoxy) is 1. The number of piperidine rings is 1. The molecule has 4 rings (SSSR count). The van der Waals surface area contributed by atoms with Gasteiger partial charge in [-0.15, -0.1) is 0 Å². The van der Waals surface area contributed by atoms with Crippen LogP contribution in [0.1, 0.15) is 37.0 Å². The zero-order chi connectivity index (χ0) is 21.1. The number of carbonyl (C=O) groups excluding carboxylic acids is 1. The molecule has 0 saturated carbocycles.